The van der Waals surface area contributed by atoms with E-state index in [1.54, 1.807) is 11.8 Å². The molecule has 0 bridgehead atoms. The standard InChI is InChI=1S/C16H22N2O3/c1-3-21-14-7-5-13(6-8-14)11-15(19)18-10-4-9-17-16(20)12(18)2/h5-8,12H,3-4,9-11H2,1-2H3,(H,17,20)/t12-/m0/s1. The largest absolute Gasteiger partial charge is 0.494 e. The van der Waals surface area contributed by atoms with Gasteiger partial charge in [-0.2, -0.15) is 0 Å². The van der Waals surface area contributed by atoms with E-state index in [0.717, 1.165) is 17.7 Å². The van der Waals surface area contributed by atoms with Crippen molar-refractivity contribution in [3.05, 3.63) is 29.8 Å². The molecule has 0 radical (unpaired) electrons. The Labute approximate surface area is 125 Å². The van der Waals surface area contributed by atoms with E-state index in [1.807, 2.05) is 31.2 Å². The van der Waals surface area contributed by atoms with Crippen molar-refractivity contribution in [2.75, 3.05) is 19.7 Å². The summed E-state index contributed by atoms with van der Waals surface area (Å²) in [5.41, 5.74) is 0.931. The van der Waals surface area contributed by atoms with E-state index >= 15 is 0 Å². The molecule has 1 heterocycles. The summed E-state index contributed by atoms with van der Waals surface area (Å²) >= 11 is 0. The molecule has 0 aromatic heterocycles. The summed E-state index contributed by atoms with van der Waals surface area (Å²) in [4.78, 5) is 25.8. The van der Waals surface area contributed by atoms with E-state index in [1.165, 1.54) is 0 Å². The first-order valence-electron chi connectivity index (χ1n) is 7.40. The van der Waals surface area contributed by atoms with Crippen molar-refractivity contribution in [3.8, 4) is 5.75 Å². The quantitative estimate of drug-likeness (QED) is 0.911. The number of rotatable bonds is 4. The number of amides is 2. The molecule has 5 nitrogen and oxygen atoms in total. The highest BCUT2D eigenvalue weighted by molar-refractivity contribution is 5.88. The Morgan fingerprint density at radius 3 is 2.76 bits per heavy atom. The third kappa shape index (κ3) is 3.97. The minimum atomic E-state index is -0.400. The highest BCUT2D eigenvalue weighted by Gasteiger charge is 2.27. The molecule has 0 spiro atoms. The maximum Gasteiger partial charge on any atom is 0.242 e. The van der Waals surface area contributed by atoms with Crippen LogP contribution >= 0.6 is 0 Å². The summed E-state index contributed by atoms with van der Waals surface area (Å²) in [5, 5.41) is 2.82. The number of hydrogen-bond acceptors (Lipinski definition) is 3. The van der Waals surface area contributed by atoms with Crippen LogP contribution in [0.3, 0.4) is 0 Å². The number of nitrogens with one attached hydrogen (secondary N) is 1. The average Bonchev–Trinajstić information content (AvgIpc) is 2.64. The Bertz CT molecular complexity index is 499. The van der Waals surface area contributed by atoms with Gasteiger partial charge in [-0.25, -0.2) is 0 Å². The molecule has 1 N–H and O–H groups in total. The van der Waals surface area contributed by atoms with Gasteiger partial charge in [0.25, 0.3) is 0 Å². The second kappa shape index (κ2) is 7.11. The van der Waals surface area contributed by atoms with Gasteiger partial charge in [-0.15, -0.1) is 0 Å². The minimum absolute atomic E-state index is 0.0105. The van der Waals surface area contributed by atoms with Crippen molar-refractivity contribution in [1.82, 2.24) is 10.2 Å². The fourth-order valence-electron chi connectivity index (χ4n) is 2.43. The number of nitrogens with zero attached hydrogens (tertiary/aromatic N) is 1. The molecule has 2 amide bonds. The van der Waals surface area contributed by atoms with Gasteiger partial charge in [0.05, 0.1) is 13.0 Å². The van der Waals surface area contributed by atoms with Crippen molar-refractivity contribution in [3.63, 3.8) is 0 Å². The molecule has 1 saturated heterocycles. The summed E-state index contributed by atoms with van der Waals surface area (Å²) in [6.45, 7) is 5.59. The molecule has 114 valence electrons. The fourth-order valence-corrected chi connectivity index (χ4v) is 2.43. The lowest BCUT2D eigenvalue weighted by Crippen LogP contribution is -2.45. The number of hydrogen-bond donors (Lipinski definition) is 1. The normalized spacial score (nSPS) is 18.9. The highest BCUT2D eigenvalue weighted by Crippen LogP contribution is 2.14. The summed E-state index contributed by atoms with van der Waals surface area (Å²) in [6, 6.07) is 7.12. The lowest BCUT2D eigenvalue weighted by molar-refractivity contribution is -0.138. The molecule has 2 rings (SSSR count). The maximum atomic E-state index is 12.4. The molecule has 1 aliphatic rings. The summed E-state index contributed by atoms with van der Waals surface area (Å²) in [7, 11) is 0. The van der Waals surface area contributed by atoms with Crippen LogP contribution in [0.5, 0.6) is 5.75 Å². The van der Waals surface area contributed by atoms with Crippen molar-refractivity contribution in [2.45, 2.75) is 32.7 Å². The molecular weight excluding hydrogens is 268 g/mol. The van der Waals surface area contributed by atoms with Crippen molar-refractivity contribution < 1.29 is 14.3 Å². The first-order valence-corrected chi connectivity index (χ1v) is 7.40. The molecule has 21 heavy (non-hydrogen) atoms. The molecular formula is C16H22N2O3. The number of carbonyl (C=O) groups excluding carboxylic acids is 2. The van der Waals surface area contributed by atoms with Crippen molar-refractivity contribution >= 4 is 11.8 Å². The van der Waals surface area contributed by atoms with Crippen molar-refractivity contribution in [1.29, 1.82) is 0 Å². The van der Waals surface area contributed by atoms with Crippen LogP contribution < -0.4 is 10.1 Å². The third-order valence-electron chi connectivity index (χ3n) is 3.63. The topological polar surface area (TPSA) is 58.6 Å². The maximum absolute atomic E-state index is 12.4. The van der Waals surface area contributed by atoms with E-state index in [9.17, 15) is 9.59 Å². The molecule has 1 atom stereocenters. The van der Waals surface area contributed by atoms with Gasteiger partial charge in [-0.3, -0.25) is 9.59 Å². The predicted molar refractivity (Wildman–Crippen MR) is 80.1 cm³/mol. The Morgan fingerprint density at radius 1 is 1.38 bits per heavy atom. The SMILES string of the molecule is CCOc1ccc(CC(=O)N2CCCNC(=O)[C@@H]2C)cc1. The monoisotopic (exact) mass is 290 g/mol. The van der Waals surface area contributed by atoms with Gasteiger partial charge in [0, 0.05) is 13.1 Å². The molecule has 1 aromatic carbocycles. The highest BCUT2D eigenvalue weighted by atomic mass is 16.5. The van der Waals surface area contributed by atoms with Crippen LogP contribution in [-0.4, -0.2) is 42.5 Å². The second-order valence-corrected chi connectivity index (χ2v) is 5.16. The first kappa shape index (κ1) is 15.4. The van der Waals surface area contributed by atoms with Crippen LogP contribution in [0.15, 0.2) is 24.3 Å². The first-order chi connectivity index (χ1) is 10.1. The van der Waals surface area contributed by atoms with E-state index in [2.05, 4.69) is 5.32 Å². The number of carbonyl (C=O) groups is 2. The van der Waals surface area contributed by atoms with E-state index in [-0.39, 0.29) is 11.8 Å². The van der Waals surface area contributed by atoms with Gasteiger partial charge >= 0.3 is 0 Å². The zero-order valence-electron chi connectivity index (χ0n) is 12.6. The molecule has 0 unspecified atom stereocenters. The van der Waals surface area contributed by atoms with Crippen LogP contribution in [0, 0.1) is 0 Å². The lowest BCUT2D eigenvalue weighted by atomic mass is 10.1. The molecule has 1 fully saturated rings. The van der Waals surface area contributed by atoms with E-state index in [4.69, 9.17) is 4.74 Å². The Morgan fingerprint density at radius 2 is 2.10 bits per heavy atom. The van der Waals surface area contributed by atoms with Gasteiger partial charge in [-0.05, 0) is 38.0 Å². The molecule has 1 aromatic rings. The third-order valence-corrected chi connectivity index (χ3v) is 3.63. The van der Waals surface area contributed by atoms with Gasteiger partial charge < -0.3 is 15.0 Å². The van der Waals surface area contributed by atoms with Crippen LogP contribution in [0.4, 0.5) is 0 Å². The van der Waals surface area contributed by atoms with Gasteiger partial charge in [0.2, 0.25) is 11.8 Å². The van der Waals surface area contributed by atoms with Gasteiger partial charge in [-0.1, -0.05) is 12.1 Å². The minimum Gasteiger partial charge on any atom is -0.494 e. The van der Waals surface area contributed by atoms with Crippen LogP contribution in [0.1, 0.15) is 25.8 Å². The van der Waals surface area contributed by atoms with E-state index in [0.29, 0.717) is 26.1 Å². The van der Waals surface area contributed by atoms with Crippen LogP contribution in [0.2, 0.25) is 0 Å². The smallest absolute Gasteiger partial charge is 0.242 e. The Hall–Kier alpha value is -2.04. The lowest BCUT2D eigenvalue weighted by Gasteiger charge is -2.25. The summed E-state index contributed by atoms with van der Waals surface area (Å²) in [6.07, 6.45) is 1.11. The summed E-state index contributed by atoms with van der Waals surface area (Å²) < 4.78 is 5.38. The zero-order chi connectivity index (χ0) is 15.2. The molecule has 0 aliphatic carbocycles. The second-order valence-electron chi connectivity index (χ2n) is 5.16. The van der Waals surface area contributed by atoms with Gasteiger partial charge in [0.15, 0.2) is 0 Å². The molecule has 1 aliphatic heterocycles. The van der Waals surface area contributed by atoms with E-state index < -0.39 is 6.04 Å². The average molecular weight is 290 g/mol. The Kier molecular flexibility index (Phi) is 5.20. The summed E-state index contributed by atoms with van der Waals surface area (Å²) in [5.74, 6) is 0.715. The Balaban J connectivity index is 2.00. The van der Waals surface area contributed by atoms with Crippen molar-refractivity contribution in [2.24, 2.45) is 0 Å². The molecule has 0 saturated carbocycles. The van der Waals surface area contributed by atoms with Gasteiger partial charge in [0.1, 0.15) is 11.8 Å². The van der Waals surface area contributed by atoms with Crippen LogP contribution in [-0.2, 0) is 16.0 Å². The van der Waals surface area contributed by atoms with Crippen LogP contribution in [0.25, 0.3) is 0 Å². The predicted octanol–water partition coefficient (Wildman–Crippen LogP) is 1.36. The zero-order valence-corrected chi connectivity index (χ0v) is 12.6. The molecule has 5 heteroatoms. The number of benzene rings is 1. The fraction of sp³-hybridized carbons (Fsp3) is 0.500. The number of ether oxygens (including phenoxy) is 1.